The van der Waals surface area contributed by atoms with E-state index in [0.29, 0.717) is 22.9 Å². The summed E-state index contributed by atoms with van der Waals surface area (Å²) in [5, 5.41) is 14.5. The van der Waals surface area contributed by atoms with Crippen LogP contribution in [0.25, 0.3) is 0 Å². The standard InChI is InChI=1S/C24H22N2O6S/c1-31-19-7-4-8-20(32-2)22(19)23(28)26-17-5-3-6-18(13-17)33-14-21(27)25-16-11-9-15(10-12-16)24(29)30/h3-13H,14H2,1-2H3,(H,25,27)(H,26,28)(H,29,30). The molecule has 0 fully saturated rings. The Morgan fingerprint density at radius 3 is 2.09 bits per heavy atom. The number of carboxylic acids is 1. The highest BCUT2D eigenvalue weighted by Gasteiger charge is 2.18. The van der Waals surface area contributed by atoms with E-state index in [2.05, 4.69) is 10.6 Å². The molecule has 33 heavy (non-hydrogen) atoms. The van der Waals surface area contributed by atoms with Gasteiger partial charge in [-0.15, -0.1) is 11.8 Å². The van der Waals surface area contributed by atoms with Gasteiger partial charge in [-0.05, 0) is 54.6 Å². The monoisotopic (exact) mass is 466 g/mol. The molecule has 9 heteroatoms. The van der Waals surface area contributed by atoms with Gasteiger partial charge in [-0.1, -0.05) is 12.1 Å². The summed E-state index contributed by atoms with van der Waals surface area (Å²) in [5.41, 5.74) is 1.50. The highest BCUT2D eigenvalue weighted by Crippen LogP contribution is 2.30. The number of ether oxygens (including phenoxy) is 2. The average Bonchev–Trinajstić information content (AvgIpc) is 2.82. The summed E-state index contributed by atoms with van der Waals surface area (Å²) in [7, 11) is 2.96. The molecule has 0 atom stereocenters. The highest BCUT2D eigenvalue weighted by molar-refractivity contribution is 8.00. The molecule has 0 spiro atoms. The quantitative estimate of drug-likeness (QED) is 0.401. The zero-order valence-corrected chi connectivity index (χ0v) is 18.8. The third-order valence-corrected chi connectivity index (χ3v) is 5.53. The fourth-order valence-corrected chi connectivity index (χ4v) is 3.73. The van der Waals surface area contributed by atoms with E-state index in [0.717, 1.165) is 4.90 Å². The molecule has 3 aromatic rings. The summed E-state index contributed by atoms with van der Waals surface area (Å²) in [5.74, 6) is -0.723. The summed E-state index contributed by atoms with van der Waals surface area (Å²) in [6, 6.07) is 18.1. The molecule has 0 aliphatic heterocycles. The molecule has 0 aliphatic rings. The summed E-state index contributed by atoms with van der Waals surface area (Å²) in [6.07, 6.45) is 0. The predicted molar refractivity (Wildman–Crippen MR) is 127 cm³/mol. The van der Waals surface area contributed by atoms with Crippen molar-refractivity contribution in [1.29, 1.82) is 0 Å². The molecule has 0 aliphatic carbocycles. The Labute approximate surface area is 194 Å². The molecule has 0 heterocycles. The predicted octanol–water partition coefficient (Wildman–Crippen LogP) is 4.39. The number of amides is 2. The average molecular weight is 467 g/mol. The lowest BCUT2D eigenvalue weighted by Gasteiger charge is -2.13. The lowest BCUT2D eigenvalue weighted by Crippen LogP contribution is -2.15. The molecule has 0 saturated carbocycles. The number of methoxy groups -OCH3 is 2. The number of carbonyl (C=O) groups is 3. The van der Waals surface area contributed by atoms with E-state index in [4.69, 9.17) is 14.6 Å². The summed E-state index contributed by atoms with van der Waals surface area (Å²) < 4.78 is 10.6. The van der Waals surface area contributed by atoms with Gasteiger partial charge < -0.3 is 25.2 Å². The maximum absolute atomic E-state index is 12.8. The topological polar surface area (TPSA) is 114 Å². The number of thioether (sulfide) groups is 1. The van der Waals surface area contributed by atoms with Crippen molar-refractivity contribution in [3.05, 3.63) is 77.9 Å². The summed E-state index contributed by atoms with van der Waals surface area (Å²) in [6.45, 7) is 0. The van der Waals surface area contributed by atoms with Crippen molar-refractivity contribution in [2.45, 2.75) is 4.90 Å². The van der Waals surface area contributed by atoms with Crippen LogP contribution in [0.1, 0.15) is 20.7 Å². The molecule has 3 aromatic carbocycles. The lowest BCUT2D eigenvalue weighted by molar-refractivity contribution is -0.113. The van der Waals surface area contributed by atoms with E-state index in [1.54, 1.807) is 36.4 Å². The third kappa shape index (κ3) is 6.27. The number of carboxylic acid groups (broad SMARTS) is 1. The van der Waals surface area contributed by atoms with Gasteiger partial charge in [0, 0.05) is 16.3 Å². The van der Waals surface area contributed by atoms with Crippen molar-refractivity contribution in [2.75, 3.05) is 30.6 Å². The van der Waals surface area contributed by atoms with Crippen LogP contribution in [-0.4, -0.2) is 42.9 Å². The van der Waals surface area contributed by atoms with Gasteiger partial charge in [0.2, 0.25) is 5.91 Å². The van der Waals surface area contributed by atoms with Crippen LogP contribution in [-0.2, 0) is 4.79 Å². The largest absolute Gasteiger partial charge is 0.496 e. The van der Waals surface area contributed by atoms with Gasteiger partial charge >= 0.3 is 5.97 Å². The van der Waals surface area contributed by atoms with Gasteiger partial charge in [-0.3, -0.25) is 9.59 Å². The molecular formula is C24H22N2O6S. The van der Waals surface area contributed by atoms with Crippen LogP contribution < -0.4 is 20.1 Å². The zero-order valence-electron chi connectivity index (χ0n) is 18.0. The van der Waals surface area contributed by atoms with Crippen molar-refractivity contribution in [3.63, 3.8) is 0 Å². The van der Waals surface area contributed by atoms with Crippen molar-refractivity contribution in [1.82, 2.24) is 0 Å². The Kier molecular flexibility index (Phi) is 7.93. The minimum Gasteiger partial charge on any atom is -0.496 e. The Hall–Kier alpha value is -3.98. The first-order chi connectivity index (χ1) is 15.9. The summed E-state index contributed by atoms with van der Waals surface area (Å²) in [4.78, 5) is 36.8. The molecule has 0 bridgehead atoms. The van der Waals surface area contributed by atoms with Crippen LogP contribution in [0.4, 0.5) is 11.4 Å². The fraction of sp³-hybridized carbons (Fsp3) is 0.125. The Morgan fingerprint density at radius 2 is 1.48 bits per heavy atom. The molecule has 0 radical (unpaired) electrons. The first-order valence-corrected chi connectivity index (χ1v) is 10.8. The second-order valence-electron chi connectivity index (χ2n) is 6.74. The van der Waals surface area contributed by atoms with E-state index < -0.39 is 5.97 Å². The minimum absolute atomic E-state index is 0.137. The van der Waals surface area contributed by atoms with Gasteiger partial charge in [-0.25, -0.2) is 4.79 Å². The maximum atomic E-state index is 12.8. The summed E-state index contributed by atoms with van der Waals surface area (Å²) >= 11 is 1.30. The first-order valence-electron chi connectivity index (χ1n) is 9.79. The van der Waals surface area contributed by atoms with Crippen LogP contribution in [0, 0.1) is 0 Å². The van der Waals surface area contributed by atoms with Gasteiger partial charge in [0.05, 0.1) is 25.5 Å². The van der Waals surface area contributed by atoms with E-state index in [1.165, 1.54) is 50.2 Å². The van der Waals surface area contributed by atoms with Crippen molar-refractivity contribution < 1.29 is 29.0 Å². The normalized spacial score (nSPS) is 10.2. The van der Waals surface area contributed by atoms with Gasteiger partial charge in [0.15, 0.2) is 0 Å². The molecule has 2 amide bonds. The molecule has 3 rings (SSSR count). The van der Waals surface area contributed by atoms with Crippen LogP contribution in [0.2, 0.25) is 0 Å². The Bertz CT molecular complexity index is 1140. The Morgan fingerprint density at radius 1 is 0.848 bits per heavy atom. The number of benzene rings is 3. The number of carbonyl (C=O) groups excluding carboxylic acids is 2. The number of aromatic carboxylic acids is 1. The molecule has 8 nitrogen and oxygen atoms in total. The second kappa shape index (κ2) is 11.1. The van der Waals surface area contributed by atoms with E-state index >= 15 is 0 Å². The zero-order chi connectivity index (χ0) is 23.8. The number of hydrogen-bond donors (Lipinski definition) is 3. The number of rotatable bonds is 9. The molecule has 0 aromatic heterocycles. The van der Waals surface area contributed by atoms with Crippen LogP contribution in [0.5, 0.6) is 11.5 Å². The molecule has 3 N–H and O–H groups in total. The first kappa shape index (κ1) is 23.7. The molecule has 0 saturated heterocycles. The smallest absolute Gasteiger partial charge is 0.335 e. The minimum atomic E-state index is -1.03. The van der Waals surface area contributed by atoms with Gasteiger partial charge in [-0.2, -0.15) is 0 Å². The van der Waals surface area contributed by atoms with E-state index in [9.17, 15) is 14.4 Å². The maximum Gasteiger partial charge on any atom is 0.335 e. The van der Waals surface area contributed by atoms with Crippen molar-refractivity contribution in [3.8, 4) is 11.5 Å². The van der Waals surface area contributed by atoms with Gasteiger partial charge in [0.25, 0.3) is 5.91 Å². The number of nitrogens with one attached hydrogen (secondary N) is 2. The molecule has 0 unspecified atom stereocenters. The second-order valence-corrected chi connectivity index (χ2v) is 7.79. The highest BCUT2D eigenvalue weighted by atomic mass is 32.2. The number of anilines is 2. The van der Waals surface area contributed by atoms with Crippen LogP contribution in [0.15, 0.2) is 71.6 Å². The van der Waals surface area contributed by atoms with Crippen LogP contribution in [0.3, 0.4) is 0 Å². The van der Waals surface area contributed by atoms with Crippen LogP contribution >= 0.6 is 11.8 Å². The third-order valence-electron chi connectivity index (χ3n) is 4.53. The SMILES string of the molecule is COc1cccc(OC)c1C(=O)Nc1cccc(SCC(=O)Nc2ccc(C(=O)O)cc2)c1. The Balaban J connectivity index is 1.61. The van der Waals surface area contributed by atoms with E-state index in [1.807, 2.05) is 6.07 Å². The van der Waals surface area contributed by atoms with E-state index in [-0.39, 0.29) is 28.7 Å². The van der Waals surface area contributed by atoms with Crippen molar-refractivity contribution >= 4 is 40.9 Å². The number of hydrogen-bond acceptors (Lipinski definition) is 6. The van der Waals surface area contributed by atoms with Crippen molar-refractivity contribution in [2.24, 2.45) is 0 Å². The molecular weight excluding hydrogens is 444 g/mol. The van der Waals surface area contributed by atoms with Gasteiger partial charge in [0.1, 0.15) is 17.1 Å². The lowest BCUT2D eigenvalue weighted by atomic mass is 10.1. The molecule has 170 valence electrons. The fourth-order valence-electron chi connectivity index (χ4n) is 2.97.